The summed E-state index contributed by atoms with van der Waals surface area (Å²) in [5.41, 5.74) is 8.06. The zero-order chi connectivity index (χ0) is 6.69. The van der Waals surface area contributed by atoms with Gasteiger partial charge in [-0.05, 0) is 6.08 Å². The fourth-order valence-corrected chi connectivity index (χ4v) is 0.540. The average Bonchev–Trinajstić information content (AvgIpc) is 1.90. The molecule has 4 nitrogen and oxygen atoms in total. The predicted molar refractivity (Wildman–Crippen MR) is 33.8 cm³/mol. The second-order valence-corrected chi connectivity index (χ2v) is 1.64. The van der Waals surface area contributed by atoms with E-state index in [0.717, 1.165) is 0 Å². The first-order chi connectivity index (χ1) is 4.30. The Morgan fingerprint density at radius 1 is 1.89 bits per heavy atom. The lowest BCUT2D eigenvalue weighted by molar-refractivity contribution is -0.114. The molecule has 1 aliphatic heterocycles. The van der Waals surface area contributed by atoms with Crippen LogP contribution in [0.3, 0.4) is 0 Å². The van der Waals surface area contributed by atoms with E-state index < -0.39 is 5.91 Å². The quantitative estimate of drug-likeness (QED) is 0.471. The van der Waals surface area contributed by atoms with Crippen molar-refractivity contribution in [3.63, 3.8) is 0 Å². The van der Waals surface area contributed by atoms with Gasteiger partial charge in [0.05, 0.1) is 18.3 Å². The molecular weight excluding hydrogens is 118 g/mol. The number of hydrazone groups is 1. The third-order valence-electron chi connectivity index (χ3n) is 0.993. The SMILES string of the molecule is NC(=O)C1=CCNN=C1. The van der Waals surface area contributed by atoms with Gasteiger partial charge in [0.25, 0.3) is 0 Å². The highest BCUT2D eigenvalue weighted by Gasteiger charge is 2.01. The van der Waals surface area contributed by atoms with E-state index in [1.807, 2.05) is 0 Å². The van der Waals surface area contributed by atoms with Crippen molar-refractivity contribution in [2.75, 3.05) is 6.54 Å². The van der Waals surface area contributed by atoms with Gasteiger partial charge in [-0.1, -0.05) is 0 Å². The summed E-state index contributed by atoms with van der Waals surface area (Å²) >= 11 is 0. The van der Waals surface area contributed by atoms with Crippen LogP contribution in [0.15, 0.2) is 16.8 Å². The summed E-state index contributed by atoms with van der Waals surface area (Å²) in [6.07, 6.45) is 3.10. The van der Waals surface area contributed by atoms with Crippen molar-refractivity contribution in [1.82, 2.24) is 5.43 Å². The van der Waals surface area contributed by atoms with Crippen molar-refractivity contribution >= 4 is 12.1 Å². The summed E-state index contributed by atoms with van der Waals surface area (Å²) in [5.74, 6) is -0.430. The van der Waals surface area contributed by atoms with Crippen LogP contribution in [0, 0.1) is 0 Å². The van der Waals surface area contributed by atoms with Crippen molar-refractivity contribution < 1.29 is 4.79 Å². The van der Waals surface area contributed by atoms with E-state index in [4.69, 9.17) is 5.73 Å². The predicted octanol–water partition coefficient (Wildman–Crippen LogP) is -1.01. The van der Waals surface area contributed by atoms with Gasteiger partial charge in [-0.15, -0.1) is 0 Å². The second-order valence-electron chi connectivity index (χ2n) is 1.64. The van der Waals surface area contributed by atoms with Crippen LogP contribution in [0.4, 0.5) is 0 Å². The van der Waals surface area contributed by atoms with E-state index >= 15 is 0 Å². The first kappa shape index (κ1) is 5.81. The van der Waals surface area contributed by atoms with Crippen LogP contribution in [-0.4, -0.2) is 18.7 Å². The summed E-state index contributed by atoms with van der Waals surface area (Å²) < 4.78 is 0. The lowest BCUT2D eigenvalue weighted by Crippen LogP contribution is -2.21. The lowest BCUT2D eigenvalue weighted by Gasteiger charge is -2.01. The number of primary amides is 1. The molecule has 0 aliphatic carbocycles. The minimum Gasteiger partial charge on any atom is -0.366 e. The molecule has 0 saturated carbocycles. The van der Waals surface area contributed by atoms with Crippen LogP contribution in [0.1, 0.15) is 0 Å². The topological polar surface area (TPSA) is 67.5 Å². The van der Waals surface area contributed by atoms with Crippen molar-refractivity contribution in [2.24, 2.45) is 10.8 Å². The fraction of sp³-hybridized carbons (Fsp3) is 0.200. The standard InChI is InChI=1S/C5H7N3O/c6-5(9)4-1-2-7-8-3-4/h1,3,7H,2H2,(H2,6,9). The first-order valence-electron chi connectivity index (χ1n) is 2.56. The molecule has 0 saturated heterocycles. The van der Waals surface area contributed by atoms with E-state index in [1.165, 1.54) is 6.21 Å². The maximum absolute atomic E-state index is 10.4. The van der Waals surface area contributed by atoms with Crippen LogP contribution >= 0.6 is 0 Å². The molecule has 1 amide bonds. The number of nitrogens with zero attached hydrogens (tertiary/aromatic N) is 1. The van der Waals surface area contributed by atoms with Gasteiger partial charge < -0.3 is 11.2 Å². The molecule has 0 fully saturated rings. The maximum atomic E-state index is 10.4. The monoisotopic (exact) mass is 125 g/mol. The molecule has 4 heteroatoms. The highest BCUT2D eigenvalue weighted by Crippen LogP contribution is 1.90. The molecule has 0 aromatic heterocycles. The molecule has 0 atom stereocenters. The fourth-order valence-electron chi connectivity index (χ4n) is 0.540. The Bertz CT molecular complexity index is 183. The van der Waals surface area contributed by atoms with Gasteiger partial charge in [0, 0.05) is 0 Å². The van der Waals surface area contributed by atoms with E-state index in [0.29, 0.717) is 12.1 Å². The third kappa shape index (κ3) is 1.28. The number of amides is 1. The van der Waals surface area contributed by atoms with Crippen LogP contribution in [0.25, 0.3) is 0 Å². The summed E-state index contributed by atoms with van der Waals surface area (Å²) in [7, 11) is 0. The Morgan fingerprint density at radius 2 is 2.67 bits per heavy atom. The summed E-state index contributed by atoms with van der Waals surface area (Å²) in [4.78, 5) is 10.4. The summed E-state index contributed by atoms with van der Waals surface area (Å²) in [6, 6.07) is 0. The van der Waals surface area contributed by atoms with Crippen molar-refractivity contribution in [3.05, 3.63) is 11.6 Å². The molecule has 1 heterocycles. The maximum Gasteiger partial charge on any atom is 0.250 e. The Labute approximate surface area is 52.4 Å². The summed E-state index contributed by atoms with van der Waals surface area (Å²) in [5, 5.41) is 3.64. The van der Waals surface area contributed by atoms with Gasteiger partial charge in [-0.3, -0.25) is 4.79 Å². The summed E-state index contributed by atoms with van der Waals surface area (Å²) in [6.45, 7) is 0.578. The minimum atomic E-state index is -0.430. The van der Waals surface area contributed by atoms with Crippen molar-refractivity contribution in [1.29, 1.82) is 0 Å². The van der Waals surface area contributed by atoms with Gasteiger partial charge in [-0.2, -0.15) is 5.10 Å². The molecular formula is C5H7N3O. The van der Waals surface area contributed by atoms with E-state index in [-0.39, 0.29) is 0 Å². The number of nitrogens with two attached hydrogens (primary N) is 1. The molecule has 3 N–H and O–H groups in total. The lowest BCUT2D eigenvalue weighted by atomic mass is 10.2. The highest BCUT2D eigenvalue weighted by atomic mass is 16.1. The average molecular weight is 125 g/mol. The van der Waals surface area contributed by atoms with Crippen LogP contribution < -0.4 is 11.2 Å². The molecule has 0 aromatic carbocycles. The molecule has 0 spiro atoms. The molecule has 1 aliphatic rings. The Morgan fingerprint density at radius 3 is 3.00 bits per heavy atom. The number of carbonyl (C=O) groups excluding carboxylic acids is 1. The number of rotatable bonds is 1. The number of carbonyl (C=O) groups is 1. The second kappa shape index (κ2) is 2.30. The number of hydrogen-bond acceptors (Lipinski definition) is 3. The zero-order valence-corrected chi connectivity index (χ0v) is 4.79. The highest BCUT2D eigenvalue weighted by molar-refractivity contribution is 6.11. The Balaban J connectivity index is 2.69. The van der Waals surface area contributed by atoms with Gasteiger partial charge >= 0.3 is 0 Å². The third-order valence-corrected chi connectivity index (χ3v) is 0.993. The first-order valence-corrected chi connectivity index (χ1v) is 2.56. The Kier molecular flexibility index (Phi) is 1.48. The Hall–Kier alpha value is -1.32. The van der Waals surface area contributed by atoms with E-state index in [2.05, 4.69) is 10.5 Å². The van der Waals surface area contributed by atoms with E-state index in [9.17, 15) is 4.79 Å². The molecule has 1 rings (SSSR count). The molecule has 0 radical (unpaired) electrons. The largest absolute Gasteiger partial charge is 0.366 e. The van der Waals surface area contributed by atoms with Crippen molar-refractivity contribution in [3.8, 4) is 0 Å². The van der Waals surface area contributed by atoms with Crippen LogP contribution in [0.2, 0.25) is 0 Å². The zero-order valence-electron chi connectivity index (χ0n) is 4.79. The van der Waals surface area contributed by atoms with Gasteiger partial charge in [0.1, 0.15) is 0 Å². The van der Waals surface area contributed by atoms with Gasteiger partial charge in [-0.25, -0.2) is 0 Å². The normalized spacial score (nSPS) is 16.2. The van der Waals surface area contributed by atoms with Gasteiger partial charge in [0.15, 0.2) is 0 Å². The molecule has 0 unspecified atom stereocenters. The molecule has 48 valence electrons. The molecule has 9 heavy (non-hydrogen) atoms. The number of hydrogen-bond donors (Lipinski definition) is 2. The van der Waals surface area contributed by atoms with E-state index in [1.54, 1.807) is 6.08 Å². The van der Waals surface area contributed by atoms with Crippen molar-refractivity contribution in [2.45, 2.75) is 0 Å². The molecule has 0 bridgehead atoms. The van der Waals surface area contributed by atoms with Crippen LogP contribution in [-0.2, 0) is 4.79 Å². The number of nitrogens with one attached hydrogen (secondary N) is 1. The smallest absolute Gasteiger partial charge is 0.250 e. The minimum absolute atomic E-state index is 0.430. The van der Waals surface area contributed by atoms with Crippen LogP contribution in [0.5, 0.6) is 0 Å². The van der Waals surface area contributed by atoms with Gasteiger partial charge in [0.2, 0.25) is 5.91 Å². The molecule has 0 aromatic rings.